The summed E-state index contributed by atoms with van der Waals surface area (Å²) in [6.07, 6.45) is 1.21. The highest BCUT2D eigenvalue weighted by Gasteiger charge is 2.21. The van der Waals surface area contributed by atoms with Crippen LogP contribution in [-0.4, -0.2) is 25.7 Å². The van der Waals surface area contributed by atoms with Gasteiger partial charge in [0.2, 0.25) is 0 Å². The predicted molar refractivity (Wildman–Crippen MR) is 51.7 cm³/mol. The second kappa shape index (κ2) is 5.62. The number of hydrogen-bond acceptors (Lipinski definition) is 4. The van der Waals surface area contributed by atoms with Gasteiger partial charge in [0.25, 0.3) is 0 Å². The van der Waals surface area contributed by atoms with Crippen molar-refractivity contribution >= 4 is 11.9 Å². The molecular formula is C10H18O4. The van der Waals surface area contributed by atoms with E-state index in [0.29, 0.717) is 6.42 Å². The molecule has 4 heteroatoms. The summed E-state index contributed by atoms with van der Waals surface area (Å²) in [5.41, 5.74) is -0.0762. The van der Waals surface area contributed by atoms with Crippen LogP contribution in [-0.2, 0) is 19.1 Å². The van der Waals surface area contributed by atoms with Crippen molar-refractivity contribution in [1.29, 1.82) is 0 Å². The fourth-order valence-electron chi connectivity index (χ4n) is 0.765. The van der Waals surface area contributed by atoms with Crippen molar-refractivity contribution in [2.75, 3.05) is 13.7 Å². The standard InChI is InChI=1S/C10H18O4/c1-5-10(2,3)6-8(11)14-7-9(12)13-4/h5-7H2,1-4H3. The molecule has 0 bridgehead atoms. The Morgan fingerprint density at radius 1 is 1.21 bits per heavy atom. The molecule has 0 amide bonds. The number of esters is 2. The third-order valence-corrected chi connectivity index (χ3v) is 2.16. The molecule has 0 atom stereocenters. The maximum atomic E-state index is 11.2. The Bertz CT molecular complexity index is 208. The molecule has 0 N–H and O–H groups in total. The molecule has 4 nitrogen and oxygen atoms in total. The van der Waals surface area contributed by atoms with Gasteiger partial charge in [-0.15, -0.1) is 0 Å². The van der Waals surface area contributed by atoms with E-state index in [0.717, 1.165) is 6.42 Å². The normalized spacial score (nSPS) is 10.9. The second-order valence-corrected chi connectivity index (χ2v) is 3.93. The molecule has 0 fully saturated rings. The van der Waals surface area contributed by atoms with Crippen LogP contribution in [0.3, 0.4) is 0 Å². The quantitative estimate of drug-likeness (QED) is 0.634. The highest BCUT2D eigenvalue weighted by atomic mass is 16.6. The van der Waals surface area contributed by atoms with E-state index in [1.807, 2.05) is 20.8 Å². The molecule has 0 aromatic carbocycles. The van der Waals surface area contributed by atoms with Gasteiger partial charge in [-0.2, -0.15) is 0 Å². The molecule has 0 aliphatic carbocycles. The minimum absolute atomic E-state index is 0.0762. The number of carbonyl (C=O) groups is 2. The van der Waals surface area contributed by atoms with Crippen LogP contribution in [0.15, 0.2) is 0 Å². The average molecular weight is 202 g/mol. The van der Waals surface area contributed by atoms with Crippen LogP contribution in [0.5, 0.6) is 0 Å². The molecule has 0 rings (SSSR count). The lowest BCUT2D eigenvalue weighted by Crippen LogP contribution is -2.21. The zero-order valence-corrected chi connectivity index (χ0v) is 9.25. The molecule has 14 heavy (non-hydrogen) atoms. The Morgan fingerprint density at radius 2 is 1.79 bits per heavy atom. The van der Waals surface area contributed by atoms with Crippen LogP contribution in [0.2, 0.25) is 0 Å². The zero-order valence-electron chi connectivity index (χ0n) is 9.25. The van der Waals surface area contributed by atoms with E-state index >= 15 is 0 Å². The summed E-state index contributed by atoms with van der Waals surface area (Å²) in [7, 11) is 1.26. The molecule has 0 aliphatic heterocycles. The Kier molecular flexibility index (Phi) is 5.20. The highest BCUT2D eigenvalue weighted by molar-refractivity contribution is 5.76. The number of ether oxygens (including phenoxy) is 2. The summed E-state index contributed by atoms with van der Waals surface area (Å²) in [6, 6.07) is 0. The Labute approximate surface area is 84.6 Å². The fraction of sp³-hybridized carbons (Fsp3) is 0.800. The molecule has 0 heterocycles. The Balaban J connectivity index is 3.82. The van der Waals surface area contributed by atoms with E-state index in [2.05, 4.69) is 4.74 Å². The van der Waals surface area contributed by atoms with Gasteiger partial charge >= 0.3 is 11.9 Å². The summed E-state index contributed by atoms with van der Waals surface area (Å²) < 4.78 is 9.06. The van der Waals surface area contributed by atoms with Crippen LogP contribution in [0.4, 0.5) is 0 Å². The van der Waals surface area contributed by atoms with E-state index < -0.39 is 5.97 Å². The van der Waals surface area contributed by atoms with Crippen molar-refractivity contribution < 1.29 is 19.1 Å². The van der Waals surface area contributed by atoms with Crippen molar-refractivity contribution in [3.05, 3.63) is 0 Å². The molecule has 0 saturated heterocycles. The van der Waals surface area contributed by atoms with Gasteiger partial charge in [0.1, 0.15) is 0 Å². The summed E-state index contributed by atoms with van der Waals surface area (Å²) in [5.74, 6) is -0.894. The first-order valence-corrected chi connectivity index (χ1v) is 4.63. The van der Waals surface area contributed by atoms with Gasteiger partial charge < -0.3 is 9.47 Å². The number of carbonyl (C=O) groups excluding carboxylic acids is 2. The smallest absolute Gasteiger partial charge is 0.344 e. The van der Waals surface area contributed by atoms with Crippen LogP contribution in [0.1, 0.15) is 33.6 Å². The van der Waals surface area contributed by atoms with E-state index in [1.54, 1.807) is 0 Å². The monoisotopic (exact) mass is 202 g/mol. The molecule has 0 unspecified atom stereocenters. The Morgan fingerprint density at radius 3 is 2.21 bits per heavy atom. The summed E-state index contributed by atoms with van der Waals surface area (Å²) >= 11 is 0. The van der Waals surface area contributed by atoms with Gasteiger partial charge in [-0.25, -0.2) is 4.79 Å². The summed E-state index contributed by atoms with van der Waals surface area (Å²) in [6.45, 7) is 5.67. The van der Waals surface area contributed by atoms with E-state index in [1.165, 1.54) is 7.11 Å². The third kappa shape index (κ3) is 5.56. The van der Waals surface area contributed by atoms with Crippen LogP contribution >= 0.6 is 0 Å². The van der Waals surface area contributed by atoms with Crippen molar-refractivity contribution in [3.63, 3.8) is 0 Å². The van der Waals surface area contributed by atoms with Gasteiger partial charge in [0, 0.05) is 0 Å². The van der Waals surface area contributed by atoms with E-state index in [4.69, 9.17) is 4.74 Å². The van der Waals surface area contributed by atoms with Gasteiger partial charge in [0.15, 0.2) is 6.61 Å². The first-order valence-electron chi connectivity index (χ1n) is 4.63. The largest absolute Gasteiger partial charge is 0.466 e. The van der Waals surface area contributed by atoms with E-state index in [9.17, 15) is 9.59 Å². The topological polar surface area (TPSA) is 52.6 Å². The predicted octanol–water partition coefficient (Wildman–Crippen LogP) is 1.53. The molecule has 0 saturated carbocycles. The maximum absolute atomic E-state index is 11.2. The highest BCUT2D eigenvalue weighted by Crippen LogP contribution is 2.24. The lowest BCUT2D eigenvalue weighted by atomic mass is 9.87. The summed E-state index contributed by atoms with van der Waals surface area (Å²) in [4.78, 5) is 21.9. The summed E-state index contributed by atoms with van der Waals surface area (Å²) in [5, 5.41) is 0. The maximum Gasteiger partial charge on any atom is 0.344 e. The third-order valence-electron chi connectivity index (χ3n) is 2.16. The molecule has 0 aliphatic rings. The molecule has 0 aromatic rings. The number of hydrogen-bond donors (Lipinski definition) is 0. The number of rotatable bonds is 5. The lowest BCUT2D eigenvalue weighted by molar-refractivity contribution is -0.158. The van der Waals surface area contributed by atoms with Crippen LogP contribution in [0.25, 0.3) is 0 Å². The van der Waals surface area contributed by atoms with Gasteiger partial charge in [-0.05, 0) is 5.41 Å². The average Bonchev–Trinajstić information content (AvgIpc) is 2.13. The Hall–Kier alpha value is -1.06. The minimum atomic E-state index is -0.535. The van der Waals surface area contributed by atoms with Crippen LogP contribution < -0.4 is 0 Å². The molecule has 0 aromatic heterocycles. The zero-order chi connectivity index (χ0) is 11.2. The van der Waals surface area contributed by atoms with Crippen molar-refractivity contribution in [2.24, 2.45) is 5.41 Å². The molecular weight excluding hydrogens is 184 g/mol. The second-order valence-electron chi connectivity index (χ2n) is 3.93. The molecule has 0 radical (unpaired) electrons. The lowest BCUT2D eigenvalue weighted by Gasteiger charge is -2.20. The van der Waals surface area contributed by atoms with Gasteiger partial charge in [-0.3, -0.25) is 4.79 Å². The minimum Gasteiger partial charge on any atom is -0.466 e. The number of methoxy groups -OCH3 is 1. The SMILES string of the molecule is CCC(C)(C)CC(=O)OCC(=O)OC. The fourth-order valence-corrected chi connectivity index (χ4v) is 0.765. The van der Waals surface area contributed by atoms with Gasteiger partial charge in [0.05, 0.1) is 13.5 Å². The molecule has 0 spiro atoms. The van der Waals surface area contributed by atoms with E-state index in [-0.39, 0.29) is 18.0 Å². The molecule has 82 valence electrons. The van der Waals surface area contributed by atoms with Crippen molar-refractivity contribution in [3.8, 4) is 0 Å². The first kappa shape index (κ1) is 12.9. The van der Waals surface area contributed by atoms with Crippen molar-refractivity contribution in [2.45, 2.75) is 33.6 Å². The van der Waals surface area contributed by atoms with Crippen molar-refractivity contribution in [1.82, 2.24) is 0 Å². The first-order chi connectivity index (χ1) is 6.41. The van der Waals surface area contributed by atoms with Crippen LogP contribution in [0, 0.1) is 5.41 Å². The van der Waals surface area contributed by atoms with Gasteiger partial charge in [-0.1, -0.05) is 27.2 Å².